The summed E-state index contributed by atoms with van der Waals surface area (Å²) in [7, 11) is 0. The Balaban J connectivity index is 1.92. The molecule has 2 rings (SSSR count). The molecule has 14 heavy (non-hydrogen) atoms. The van der Waals surface area contributed by atoms with Crippen molar-refractivity contribution in [2.45, 2.75) is 18.9 Å². The van der Waals surface area contributed by atoms with E-state index in [-0.39, 0.29) is 0 Å². The highest BCUT2D eigenvalue weighted by molar-refractivity contribution is 5.36. The Kier molecular flexibility index (Phi) is 2.78. The van der Waals surface area contributed by atoms with Gasteiger partial charge in [-0.3, -0.25) is 0 Å². The second-order valence-corrected chi connectivity index (χ2v) is 3.38. The number of anilines is 2. The minimum atomic E-state index is 0.349. The molecule has 1 aliphatic rings. The summed E-state index contributed by atoms with van der Waals surface area (Å²) in [5, 5.41) is 3.25. The molecule has 2 heterocycles. The average molecular weight is 194 g/mol. The fourth-order valence-corrected chi connectivity index (χ4v) is 1.48. The molecule has 1 unspecified atom stereocenters. The van der Waals surface area contributed by atoms with E-state index in [4.69, 9.17) is 10.5 Å². The van der Waals surface area contributed by atoms with Gasteiger partial charge in [0.05, 0.1) is 25.0 Å². The lowest BCUT2D eigenvalue weighted by Crippen LogP contribution is -2.30. The van der Waals surface area contributed by atoms with Gasteiger partial charge in [0, 0.05) is 6.61 Å². The minimum Gasteiger partial charge on any atom is -0.382 e. The van der Waals surface area contributed by atoms with Gasteiger partial charge in [-0.2, -0.15) is 0 Å². The summed E-state index contributed by atoms with van der Waals surface area (Å²) < 4.78 is 5.34. The number of hydrogen-bond acceptors (Lipinski definition) is 5. The lowest BCUT2D eigenvalue weighted by molar-refractivity contribution is 0.0875. The molecule has 0 amide bonds. The third kappa shape index (κ3) is 2.32. The van der Waals surface area contributed by atoms with Crippen LogP contribution in [0.25, 0.3) is 0 Å². The summed E-state index contributed by atoms with van der Waals surface area (Å²) in [6.45, 7) is 1.61. The van der Waals surface area contributed by atoms with Gasteiger partial charge < -0.3 is 15.8 Å². The van der Waals surface area contributed by atoms with Crippen LogP contribution in [-0.4, -0.2) is 29.2 Å². The molecule has 1 aliphatic heterocycles. The Morgan fingerprint density at radius 2 is 2.36 bits per heavy atom. The first kappa shape index (κ1) is 9.21. The van der Waals surface area contributed by atoms with Crippen LogP contribution in [0.1, 0.15) is 12.8 Å². The smallest absolute Gasteiger partial charge is 0.144 e. The van der Waals surface area contributed by atoms with E-state index in [1.165, 1.54) is 0 Å². The molecule has 0 radical (unpaired) electrons. The third-order valence-electron chi connectivity index (χ3n) is 2.18. The van der Waals surface area contributed by atoms with E-state index in [2.05, 4.69) is 15.3 Å². The SMILES string of the molecule is Nc1cnc(NC2CCCOC2)cn1. The van der Waals surface area contributed by atoms with Gasteiger partial charge in [-0.25, -0.2) is 9.97 Å². The zero-order valence-corrected chi connectivity index (χ0v) is 7.94. The number of nitrogens with two attached hydrogens (primary N) is 1. The van der Waals surface area contributed by atoms with Gasteiger partial charge >= 0.3 is 0 Å². The Morgan fingerprint density at radius 1 is 1.43 bits per heavy atom. The highest BCUT2D eigenvalue weighted by Crippen LogP contribution is 2.11. The summed E-state index contributed by atoms with van der Waals surface area (Å²) >= 11 is 0. The number of aromatic nitrogens is 2. The Labute approximate surface area is 82.7 Å². The zero-order valence-electron chi connectivity index (χ0n) is 7.94. The molecule has 5 nitrogen and oxygen atoms in total. The Hall–Kier alpha value is -1.36. The number of nitrogens with one attached hydrogen (secondary N) is 1. The van der Waals surface area contributed by atoms with Crippen LogP contribution in [0.15, 0.2) is 12.4 Å². The van der Waals surface area contributed by atoms with Crippen molar-refractivity contribution in [1.29, 1.82) is 0 Å². The molecule has 1 aromatic rings. The van der Waals surface area contributed by atoms with Crippen molar-refractivity contribution in [1.82, 2.24) is 9.97 Å². The standard InChI is InChI=1S/C9H14N4O/c10-8-4-12-9(5-11-8)13-7-2-1-3-14-6-7/h4-5,7H,1-3,6H2,(H2,10,11)(H,12,13). The summed E-state index contributed by atoms with van der Waals surface area (Å²) in [6.07, 6.45) is 5.40. The molecule has 5 heteroatoms. The number of hydrogen-bond donors (Lipinski definition) is 2. The third-order valence-corrected chi connectivity index (χ3v) is 2.18. The molecule has 1 saturated heterocycles. The molecule has 0 saturated carbocycles. The summed E-state index contributed by atoms with van der Waals surface area (Å²) in [5.74, 6) is 1.20. The number of rotatable bonds is 2. The van der Waals surface area contributed by atoms with Crippen molar-refractivity contribution < 1.29 is 4.74 Å². The van der Waals surface area contributed by atoms with Gasteiger partial charge in [-0.15, -0.1) is 0 Å². The molecule has 0 bridgehead atoms. The van der Waals surface area contributed by atoms with Crippen LogP contribution in [0.3, 0.4) is 0 Å². The van der Waals surface area contributed by atoms with E-state index in [0.29, 0.717) is 11.9 Å². The van der Waals surface area contributed by atoms with E-state index in [0.717, 1.165) is 31.9 Å². The van der Waals surface area contributed by atoms with Gasteiger partial charge in [0.1, 0.15) is 11.6 Å². The van der Waals surface area contributed by atoms with Gasteiger partial charge in [0.25, 0.3) is 0 Å². The van der Waals surface area contributed by atoms with Crippen molar-refractivity contribution in [2.24, 2.45) is 0 Å². The molecule has 1 atom stereocenters. The van der Waals surface area contributed by atoms with Gasteiger partial charge in [0.15, 0.2) is 0 Å². The maximum Gasteiger partial charge on any atom is 0.144 e. The molecule has 1 aromatic heterocycles. The first-order chi connectivity index (χ1) is 6.84. The summed E-state index contributed by atoms with van der Waals surface area (Å²) in [4.78, 5) is 8.07. The summed E-state index contributed by atoms with van der Waals surface area (Å²) in [5.41, 5.74) is 5.43. The second-order valence-electron chi connectivity index (χ2n) is 3.38. The van der Waals surface area contributed by atoms with Crippen molar-refractivity contribution in [3.05, 3.63) is 12.4 Å². The van der Waals surface area contributed by atoms with Crippen LogP contribution in [-0.2, 0) is 4.74 Å². The number of nitrogens with zero attached hydrogens (tertiary/aromatic N) is 2. The Bertz CT molecular complexity index is 281. The quantitative estimate of drug-likeness (QED) is 0.723. The van der Waals surface area contributed by atoms with Crippen LogP contribution in [0, 0.1) is 0 Å². The second kappa shape index (κ2) is 4.23. The van der Waals surface area contributed by atoms with Crippen LogP contribution >= 0.6 is 0 Å². The fraction of sp³-hybridized carbons (Fsp3) is 0.556. The maximum absolute atomic E-state index is 5.43. The van der Waals surface area contributed by atoms with Gasteiger partial charge in [-0.05, 0) is 12.8 Å². The molecular formula is C9H14N4O. The van der Waals surface area contributed by atoms with Crippen molar-refractivity contribution in [2.75, 3.05) is 24.3 Å². The van der Waals surface area contributed by atoms with E-state index in [9.17, 15) is 0 Å². The number of ether oxygens (including phenoxy) is 1. The maximum atomic E-state index is 5.43. The van der Waals surface area contributed by atoms with E-state index in [1.54, 1.807) is 12.4 Å². The lowest BCUT2D eigenvalue weighted by atomic mass is 10.1. The molecule has 0 spiro atoms. The first-order valence-corrected chi connectivity index (χ1v) is 4.76. The molecular weight excluding hydrogens is 180 g/mol. The number of nitrogen functional groups attached to an aromatic ring is 1. The van der Waals surface area contributed by atoms with Crippen molar-refractivity contribution >= 4 is 11.6 Å². The highest BCUT2D eigenvalue weighted by Gasteiger charge is 2.13. The van der Waals surface area contributed by atoms with E-state index in [1.807, 2.05) is 0 Å². The van der Waals surface area contributed by atoms with Crippen molar-refractivity contribution in [3.8, 4) is 0 Å². The molecule has 0 aromatic carbocycles. The monoisotopic (exact) mass is 194 g/mol. The molecule has 76 valence electrons. The lowest BCUT2D eigenvalue weighted by Gasteiger charge is -2.23. The summed E-state index contributed by atoms with van der Waals surface area (Å²) in [6, 6.07) is 0.349. The van der Waals surface area contributed by atoms with Crippen LogP contribution < -0.4 is 11.1 Å². The zero-order chi connectivity index (χ0) is 9.80. The Morgan fingerprint density at radius 3 is 3.00 bits per heavy atom. The topological polar surface area (TPSA) is 73.1 Å². The molecule has 0 aliphatic carbocycles. The van der Waals surface area contributed by atoms with Gasteiger partial charge in [0.2, 0.25) is 0 Å². The van der Waals surface area contributed by atoms with E-state index < -0.39 is 0 Å². The molecule has 1 fully saturated rings. The van der Waals surface area contributed by atoms with Crippen molar-refractivity contribution in [3.63, 3.8) is 0 Å². The van der Waals surface area contributed by atoms with Gasteiger partial charge in [-0.1, -0.05) is 0 Å². The minimum absolute atomic E-state index is 0.349. The largest absolute Gasteiger partial charge is 0.382 e. The molecule has 3 N–H and O–H groups in total. The highest BCUT2D eigenvalue weighted by atomic mass is 16.5. The first-order valence-electron chi connectivity index (χ1n) is 4.76. The fourth-order valence-electron chi connectivity index (χ4n) is 1.48. The predicted octanol–water partition coefficient (Wildman–Crippen LogP) is 0.650. The normalized spacial score (nSPS) is 21.9. The average Bonchev–Trinajstić information content (AvgIpc) is 2.23. The predicted molar refractivity (Wildman–Crippen MR) is 53.9 cm³/mol. The van der Waals surface area contributed by atoms with Crippen LogP contribution in [0.4, 0.5) is 11.6 Å². The van der Waals surface area contributed by atoms with E-state index >= 15 is 0 Å². The van der Waals surface area contributed by atoms with Crippen LogP contribution in [0.2, 0.25) is 0 Å². The van der Waals surface area contributed by atoms with Crippen LogP contribution in [0.5, 0.6) is 0 Å².